The lowest BCUT2D eigenvalue weighted by Crippen LogP contribution is -2.26. The van der Waals surface area contributed by atoms with Crippen molar-refractivity contribution < 1.29 is 12.8 Å². The third-order valence-corrected chi connectivity index (χ3v) is 4.26. The van der Waals surface area contributed by atoms with Gasteiger partial charge in [0.25, 0.3) is 0 Å². The highest BCUT2D eigenvalue weighted by molar-refractivity contribution is 7.89. The van der Waals surface area contributed by atoms with Crippen molar-refractivity contribution in [2.75, 3.05) is 7.05 Å². The molecule has 0 aliphatic rings. The zero-order valence-corrected chi connectivity index (χ0v) is 10.5. The van der Waals surface area contributed by atoms with Crippen LogP contribution in [0.2, 0.25) is 0 Å². The number of benzene rings is 1. The number of halogens is 1. The normalized spacial score (nSPS) is 11.9. The van der Waals surface area contributed by atoms with Gasteiger partial charge in [-0.05, 0) is 18.2 Å². The van der Waals surface area contributed by atoms with Gasteiger partial charge in [0.2, 0.25) is 10.0 Å². The molecule has 0 radical (unpaired) electrons. The molecule has 5 nitrogen and oxygen atoms in total. The number of nitrogens with zero attached hydrogens (tertiary/aromatic N) is 2. The molecule has 0 fully saturated rings. The van der Waals surface area contributed by atoms with Crippen molar-refractivity contribution in [3.63, 3.8) is 0 Å². The SMILES string of the molecule is CN(Cc1cn[nH]c1)S(=O)(=O)c1cccc(F)c1. The van der Waals surface area contributed by atoms with Crippen molar-refractivity contribution in [2.45, 2.75) is 11.4 Å². The largest absolute Gasteiger partial charge is 0.285 e. The second kappa shape index (κ2) is 4.87. The molecule has 1 aromatic carbocycles. The van der Waals surface area contributed by atoms with Crippen molar-refractivity contribution in [3.8, 4) is 0 Å². The van der Waals surface area contributed by atoms with E-state index < -0.39 is 15.8 Å². The first-order chi connectivity index (χ1) is 8.50. The van der Waals surface area contributed by atoms with Crippen LogP contribution in [0, 0.1) is 5.82 Å². The Morgan fingerprint density at radius 1 is 1.44 bits per heavy atom. The van der Waals surface area contributed by atoms with Crippen LogP contribution in [-0.2, 0) is 16.6 Å². The van der Waals surface area contributed by atoms with Gasteiger partial charge in [0.15, 0.2) is 0 Å². The molecule has 96 valence electrons. The van der Waals surface area contributed by atoms with Crippen LogP contribution >= 0.6 is 0 Å². The topological polar surface area (TPSA) is 66.1 Å². The summed E-state index contributed by atoms with van der Waals surface area (Å²) in [4.78, 5) is -0.0616. The number of aromatic nitrogens is 2. The molecule has 1 heterocycles. The Bertz CT molecular complexity index is 625. The predicted molar refractivity (Wildman–Crippen MR) is 63.6 cm³/mol. The number of nitrogens with one attached hydrogen (secondary N) is 1. The van der Waals surface area contributed by atoms with Crippen LogP contribution < -0.4 is 0 Å². The number of rotatable bonds is 4. The summed E-state index contributed by atoms with van der Waals surface area (Å²) in [6, 6.07) is 4.94. The molecule has 0 atom stereocenters. The Hall–Kier alpha value is -1.73. The molecule has 18 heavy (non-hydrogen) atoms. The zero-order chi connectivity index (χ0) is 13.2. The van der Waals surface area contributed by atoms with Gasteiger partial charge in [-0.2, -0.15) is 9.40 Å². The Labute approximate surface area is 104 Å². The maximum absolute atomic E-state index is 13.0. The Morgan fingerprint density at radius 2 is 2.22 bits per heavy atom. The summed E-state index contributed by atoms with van der Waals surface area (Å²) < 4.78 is 38.5. The maximum Gasteiger partial charge on any atom is 0.243 e. The van der Waals surface area contributed by atoms with Crippen molar-refractivity contribution in [1.82, 2.24) is 14.5 Å². The maximum atomic E-state index is 13.0. The Balaban J connectivity index is 2.25. The molecule has 0 aliphatic carbocycles. The van der Waals surface area contributed by atoms with Gasteiger partial charge in [-0.3, -0.25) is 5.10 Å². The van der Waals surface area contributed by atoms with Gasteiger partial charge in [-0.25, -0.2) is 12.8 Å². The van der Waals surface area contributed by atoms with E-state index in [0.717, 1.165) is 15.9 Å². The molecule has 0 amide bonds. The summed E-state index contributed by atoms with van der Waals surface area (Å²) in [6.07, 6.45) is 3.15. The van der Waals surface area contributed by atoms with Crippen molar-refractivity contribution in [1.29, 1.82) is 0 Å². The third-order valence-electron chi connectivity index (χ3n) is 2.46. The molecule has 0 spiro atoms. The van der Waals surface area contributed by atoms with Gasteiger partial charge >= 0.3 is 0 Å². The lowest BCUT2D eigenvalue weighted by Gasteiger charge is -2.16. The second-order valence-corrected chi connectivity index (χ2v) is 5.87. The summed E-state index contributed by atoms with van der Waals surface area (Å²) in [5.74, 6) is -0.576. The highest BCUT2D eigenvalue weighted by Gasteiger charge is 2.21. The first-order valence-electron chi connectivity index (χ1n) is 5.20. The molecular weight excluding hydrogens is 257 g/mol. The summed E-state index contributed by atoms with van der Waals surface area (Å²) in [6.45, 7) is 0.176. The van der Waals surface area contributed by atoms with E-state index in [0.29, 0.717) is 0 Å². The zero-order valence-electron chi connectivity index (χ0n) is 9.67. The fraction of sp³-hybridized carbons (Fsp3) is 0.182. The van der Waals surface area contributed by atoms with E-state index in [4.69, 9.17) is 0 Å². The number of hydrogen-bond acceptors (Lipinski definition) is 3. The number of sulfonamides is 1. The van der Waals surface area contributed by atoms with E-state index in [2.05, 4.69) is 10.2 Å². The van der Waals surface area contributed by atoms with Crippen molar-refractivity contribution in [2.24, 2.45) is 0 Å². The van der Waals surface area contributed by atoms with Gasteiger partial charge in [0.1, 0.15) is 5.82 Å². The lowest BCUT2D eigenvalue weighted by molar-refractivity contribution is 0.466. The Morgan fingerprint density at radius 3 is 2.83 bits per heavy atom. The average Bonchev–Trinajstić information content (AvgIpc) is 2.81. The molecule has 0 saturated heterocycles. The van der Waals surface area contributed by atoms with E-state index in [9.17, 15) is 12.8 Å². The molecule has 1 N–H and O–H groups in total. The molecular formula is C11H12FN3O2S. The van der Waals surface area contributed by atoms with Crippen LogP contribution in [0.15, 0.2) is 41.6 Å². The quantitative estimate of drug-likeness (QED) is 0.911. The van der Waals surface area contributed by atoms with Crippen LogP contribution in [-0.4, -0.2) is 30.0 Å². The van der Waals surface area contributed by atoms with Gasteiger partial charge < -0.3 is 0 Å². The van der Waals surface area contributed by atoms with Crippen molar-refractivity contribution >= 4 is 10.0 Å². The van der Waals surface area contributed by atoms with Gasteiger partial charge in [-0.1, -0.05) is 6.07 Å². The highest BCUT2D eigenvalue weighted by atomic mass is 32.2. The number of aromatic amines is 1. The van der Waals surface area contributed by atoms with Crippen LogP contribution in [0.25, 0.3) is 0 Å². The van der Waals surface area contributed by atoms with Crippen LogP contribution in [0.1, 0.15) is 5.56 Å². The molecule has 0 bridgehead atoms. The lowest BCUT2D eigenvalue weighted by atomic mass is 10.3. The molecule has 0 unspecified atom stereocenters. The summed E-state index contributed by atoms with van der Waals surface area (Å²) >= 11 is 0. The van der Waals surface area contributed by atoms with Gasteiger partial charge in [0, 0.05) is 25.4 Å². The molecule has 2 aromatic rings. The summed E-state index contributed by atoms with van der Waals surface area (Å²) in [7, 11) is -2.25. The van der Waals surface area contributed by atoms with Crippen LogP contribution in [0.5, 0.6) is 0 Å². The standard InChI is InChI=1S/C11H12FN3O2S/c1-15(8-9-6-13-14-7-9)18(16,17)11-4-2-3-10(12)5-11/h2-7H,8H2,1H3,(H,13,14). The van der Waals surface area contributed by atoms with Gasteiger partial charge in [0.05, 0.1) is 11.1 Å². The average molecular weight is 269 g/mol. The first-order valence-corrected chi connectivity index (χ1v) is 6.64. The minimum absolute atomic E-state index is 0.0616. The Kier molecular flexibility index (Phi) is 3.44. The molecule has 2 rings (SSSR count). The fourth-order valence-corrected chi connectivity index (χ4v) is 2.70. The first kappa shape index (κ1) is 12.7. The minimum atomic E-state index is -3.69. The van der Waals surface area contributed by atoms with E-state index in [-0.39, 0.29) is 11.4 Å². The van der Waals surface area contributed by atoms with E-state index >= 15 is 0 Å². The summed E-state index contributed by atoms with van der Waals surface area (Å²) in [5, 5.41) is 6.34. The minimum Gasteiger partial charge on any atom is -0.285 e. The van der Waals surface area contributed by atoms with Gasteiger partial charge in [-0.15, -0.1) is 0 Å². The molecule has 1 aromatic heterocycles. The fourth-order valence-electron chi connectivity index (χ4n) is 1.51. The molecule has 0 aliphatic heterocycles. The van der Waals surface area contributed by atoms with Crippen LogP contribution in [0.3, 0.4) is 0 Å². The second-order valence-electron chi connectivity index (χ2n) is 3.83. The summed E-state index contributed by atoms with van der Waals surface area (Å²) in [5.41, 5.74) is 0.734. The van der Waals surface area contributed by atoms with Crippen LogP contribution in [0.4, 0.5) is 4.39 Å². The van der Waals surface area contributed by atoms with Crippen molar-refractivity contribution in [3.05, 3.63) is 48.0 Å². The molecule has 0 saturated carbocycles. The number of hydrogen-bond donors (Lipinski definition) is 1. The smallest absolute Gasteiger partial charge is 0.243 e. The predicted octanol–water partition coefficient (Wildman–Crippen LogP) is 1.37. The third kappa shape index (κ3) is 2.57. The molecule has 7 heteroatoms. The highest BCUT2D eigenvalue weighted by Crippen LogP contribution is 2.17. The number of H-pyrrole nitrogens is 1. The van der Waals surface area contributed by atoms with E-state index in [1.54, 1.807) is 6.20 Å². The monoisotopic (exact) mass is 269 g/mol. The van der Waals surface area contributed by atoms with E-state index in [1.165, 1.54) is 31.4 Å². The van der Waals surface area contributed by atoms with E-state index in [1.807, 2.05) is 0 Å².